The van der Waals surface area contributed by atoms with E-state index in [-0.39, 0.29) is 0 Å². The lowest BCUT2D eigenvalue weighted by Crippen LogP contribution is -2.19. The maximum absolute atomic E-state index is 3.97. The Kier molecular flexibility index (Phi) is 1.59. The standard InChI is InChI=1S/C11H18/c1-3-11(2)8-7-9-5-4-6-10(9)11/h3,9-10H,1,4-8H2,2H3. The van der Waals surface area contributed by atoms with Gasteiger partial charge in [-0.25, -0.2) is 0 Å². The summed E-state index contributed by atoms with van der Waals surface area (Å²) in [5.41, 5.74) is 0.501. The third-order valence-corrected chi connectivity index (χ3v) is 4.03. The van der Waals surface area contributed by atoms with Crippen LogP contribution in [0.1, 0.15) is 39.0 Å². The van der Waals surface area contributed by atoms with Crippen molar-refractivity contribution >= 4 is 0 Å². The van der Waals surface area contributed by atoms with E-state index < -0.39 is 0 Å². The van der Waals surface area contributed by atoms with Crippen LogP contribution in [0.2, 0.25) is 0 Å². The summed E-state index contributed by atoms with van der Waals surface area (Å²) >= 11 is 0. The Labute approximate surface area is 69.7 Å². The Balaban J connectivity index is 2.20. The molecule has 0 aromatic carbocycles. The molecule has 0 heteroatoms. The summed E-state index contributed by atoms with van der Waals surface area (Å²) in [4.78, 5) is 0. The van der Waals surface area contributed by atoms with Crippen molar-refractivity contribution in [1.82, 2.24) is 0 Å². The van der Waals surface area contributed by atoms with Crippen LogP contribution in [0.4, 0.5) is 0 Å². The Morgan fingerprint density at radius 1 is 1.36 bits per heavy atom. The zero-order chi connectivity index (χ0) is 7.90. The molecule has 3 atom stereocenters. The fraction of sp³-hybridized carbons (Fsp3) is 0.818. The number of hydrogen-bond donors (Lipinski definition) is 0. The maximum atomic E-state index is 3.97. The van der Waals surface area contributed by atoms with Gasteiger partial charge in [0.25, 0.3) is 0 Å². The van der Waals surface area contributed by atoms with Crippen molar-refractivity contribution < 1.29 is 0 Å². The van der Waals surface area contributed by atoms with Crippen molar-refractivity contribution in [3.63, 3.8) is 0 Å². The molecule has 0 aromatic heterocycles. The van der Waals surface area contributed by atoms with Crippen LogP contribution in [-0.4, -0.2) is 0 Å². The average Bonchev–Trinajstić information content (AvgIpc) is 2.55. The smallest absolute Gasteiger partial charge is 0.0118 e. The fourth-order valence-corrected chi connectivity index (χ4v) is 3.19. The van der Waals surface area contributed by atoms with E-state index in [0.29, 0.717) is 5.41 Å². The molecule has 0 saturated heterocycles. The van der Waals surface area contributed by atoms with E-state index in [4.69, 9.17) is 0 Å². The highest BCUT2D eigenvalue weighted by Gasteiger charge is 2.44. The van der Waals surface area contributed by atoms with Gasteiger partial charge >= 0.3 is 0 Å². The molecule has 0 aliphatic heterocycles. The molecular weight excluding hydrogens is 132 g/mol. The Morgan fingerprint density at radius 2 is 2.18 bits per heavy atom. The van der Waals surface area contributed by atoms with Gasteiger partial charge in [-0.1, -0.05) is 25.8 Å². The molecule has 0 nitrogen and oxygen atoms in total. The van der Waals surface area contributed by atoms with Crippen LogP contribution in [0.25, 0.3) is 0 Å². The molecule has 0 N–H and O–H groups in total. The van der Waals surface area contributed by atoms with Crippen molar-refractivity contribution in [2.24, 2.45) is 17.3 Å². The zero-order valence-corrected chi connectivity index (χ0v) is 7.47. The van der Waals surface area contributed by atoms with Gasteiger partial charge in [-0.05, 0) is 36.5 Å². The molecule has 2 fully saturated rings. The first-order valence-electron chi connectivity index (χ1n) is 4.90. The van der Waals surface area contributed by atoms with Crippen LogP contribution in [0.15, 0.2) is 12.7 Å². The predicted molar refractivity (Wildman–Crippen MR) is 48.4 cm³/mol. The molecule has 0 amide bonds. The molecule has 62 valence electrons. The largest absolute Gasteiger partial charge is 0.103 e. The lowest BCUT2D eigenvalue weighted by atomic mass is 9.78. The Morgan fingerprint density at radius 3 is 2.91 bits per heavy atom. The molecule has 2 aliphatic carbocycles. The van der Waals surface area contributed by atoms with Crippen molar-refractivity contribution in [1.29, 1.82) is 0 Å². The normalized spacial score (nSPS) is 49.2. The summed E-state index contributed by atoms with van der Waals surface area (Å²) in [5, 5.41) is 0. The van der Waals surface area contributed by atoms with Gasteiger partial charge in [-0.2, -0.15) is 0 Å². The zero-order valence-electron chi connectivity index (χ0n) is 7.47. The highest BCUT2D eigenvalue weighted by Crippen LogP contribution is 2.54. The minimum atomic E-state index is 0.501. The molecule has 2 saturated carbocycles. The monoisotopic (exact) mass is 150 g/mol. The summed E-state index contributed by atoms with van der Waals surface area (Å²) < 4.78 is 0. The van der Waals surface area contributed by atoms with Crippen molar-refractivity contribution in [2.75, 3.05) is 0 Å². The summed E-state index contributed by atoms with van der Waals surface area (Å²) in [7, 11) is 0. The molecule has 0 radical (unpaired) electrons. The molecule has 2 aliphatic rings. The van der Waals surface area contributed by atoms with Crippen LogP contribution in [0, 0.1) is 17.3 Å². The van der Waals surface area contributed by atoms with Gasteiger partial charge in [0.1, 0.15) is 0 Å². The van der Waals surface area contributed by atoms with E-state index in [1.807, 2.05) is 0 Å². The second-order valence-corrected chi connectivity index (χ2v) is 4.55. The van der Waals surface area contributed by atoms with E-state index in [9.17, 15) is 0 Å². The molecule has 3 unspecified atom stereocenters. The van der Waals surface area contributed by atoms with Crippen LogP contribution in [0.3, 0.4) is 0 Å². The molecule has 0 heterocycles. The molecule has 2 rings (SSSR count). The summed E-state index contributed by atoms with van der Waals surface area (Å²) in [6, 6.07) is 0. The van der Waals surface area contributed by atoms with E-state index in [1.165, 1.54) is 32.1 Å². The van der Waals surface area contributed by atoms with E-state index in [2.05, 4.69) is 19.6 Å². The van der Waals surface area contributed by atoms with Crippen molar-refractivity contribution in [3.8, 4) is 0 Å². The van der Waals surface area contributed by atoms with Gasteiger partial charge in [0, 0.05) is 0 Å². The number of allylic oxidation sites excluding steroid dienone is 1. The number of hydrogen-bond acceptors (Lipinski definition) is 0. The highest BCUT2D eigenvalue weighted by atomic mass is 14.5. The van der Waals surface area contributed by atoms with Gasteiger partial charge in [0.05, 0.1) is 0 Å². The van der Waals surface area contributed by atoms with E-state index in [0.717, 1.165) is 11.8 Å². The molecule has 11 heavy (non-hydrogen) atoms. The minimum Gasteiger partial charge on any atom is -0.103 e. The fourth-order valence-electron chi connectivity index (χ4n) is 3.19. The number of rotatable bonds is 1. The van der Waals surface area contributed by atoms with E-state index >= 15 is 0 Å². The topological polar surface area (TPSA) is 0 Å². The Bertz CT molecular complexity index is 171. The van der Waals surface area contributed by atoms with Crippen LogP contribution in [-0.2, 0) is 0 Å². The minimum absolute atomic E-state index is 0.501. The second kappa shape index (κ2) is 2.36. The lowest BCUT2D eigenvalue weighted by molar-refractivity contribution is 0.283. The lowest BCUT2D eigenvalue weighted by Gasteiger charge is -2.27. The predicted octanol–water partition coefficient (Wildman–Crippen LogP) is 3.39. The first kappa shape index (κ1) is 7.39. The quantitative estimate of drug-likeness (QED) is 0.503. The van der Waals surface area contributed by atoms with E-state index in [1.54, 1.807) is 0 Å². The number of fused-ring (bicyclic) bond motifs is 1. The summed E-state index contributed by atoms with van der Waals surface area (Å²) in [5.74, 6) is 2.04. The molecule has 0 aromatic rings. The van der Waals surface area contributed by atoms with Crippen molar-refractivity contribution in [2.45, 2.75) is 39.0 Å². The van der Waals surface area contributed by atoms with Gasteiger partial charge in [-0.3, -0.25) is 0 Å². The first-order valence-corrected chi connectivity index (χ1v) is 4.90. The SMILES string of the molecule is C=CC1(C)CCC2CCCC21. The molecular formula is C11H18. The highest BCUT2D eigenvalue weighted by molar-refractivity contribution is 5.05. The third-order valence-electron chi connectivity index (χ3n) is 4.03. The molecule has 0 spiro atoms. The van der Waals surface area contributed by atoms with Gasteiger partial charge < -0.3 is 0 Å². The van der Waals surface area contributed by atoms with Gasteiger partial charge in [0.15, 0.2) is 0 Å². The summed E-state index contributed by atoms with van der Waals surface area (Å²) in [6.45, 7) is 6.37. The van der Waals surface area contributed by atoms with Crippen LogP contribution < -0.4 is 0 Å². The maximum Gasteiger partial charge on any atom is -0.0118 e. The first-order chi connectivity index (χ1) is 5.26. The third kappa shape index (κ3) is 0.953. The van der Waals surface area contributed by atoms with Crippen LogP contribution >= 0.6 is 0 Å². The Hall–Kier alpha value is -0.260. The van der Waals surface area contributed by atoms with Crippen molar-refractivity contribution in [3.05, 3.63) is 12.7 Å². The van der Waals surface area contributed by atoms with Gasteiger partial charge in [0.2, 0.25) is 0 Å². The summed E-state index contributed by atoms with van der Waals surface area (Å²) in [6.07, 6.45) is 9.50. The second-order valence-electron chi connectivity index (χ2n) is 4.55. The van der Waals surface area contributed by atoms with Crippen LogP contribution in [0.5, 0.6) is 0 Å². The van der Waals surface area contributed by atoms with Gasteiger partial charge in [-0.15, -0.1) is 6.58 Å². The average molecular weight is 150 g/mol. The molecule has 0 bridgehead atoms.